The summed E-state index contributed by atoms with van der Waals surface area (Å²) in [6.45, 7) is 1.16. The van der Waals surface area contributed by atoms with Gasteiger partial charge in [0.2, 0.25) is 5.82 Å². The van der Waals surface area contributed by atoms with E-state index in [0.29, 0.717) is 37.4 Å². The van der Waals surface area contributed by atoms with E-state index in [1.807, 2.05) is 6.07 Å². The normalized spacial score (nSPS) is 16.0. The fraction of sp³-hybridized carbons (Fsp3) is 0.381. The Labute approximate surface area is 184 Å². The van der Waals surface area contributed by atoms with Crippen LogP contribution in [0.25, 0.3) is 0 Å². The molecule has 1 aromatic carbocycles. The van der Waals surface area contributed by atoms with E-state index in [1.54, 1.807) is 37.0 Å². The number of anilines is 1. The Hall–Kier alpha value is -3.60. The van der Waals surface area contributed by atoms with Crippen LogP contribution in [0.15, 0.2) is 36.7 Å². The molecule has 32 heavy (non-hydrogen) atoms. The highest BCUT2D eigenvalue weighted by molar-refractivity contribution is 6.00. The highest BCUT2D eigenvalue weighted by Crippen LogP contribution is 2.21. The lowest BCUT2D eigenvalue weighted by atomic mass is 10.2. The molecule has 0 radical (unpaired) electrons. The molecule has 3 heterocycles. The molecular formula is C21H24FN7O3. The molecule has 0 aliphatic carbocycles. The number of carbonyl (C=O) groups is 2. The minimum Gasteiger partial charge on any atom is -0.384 e. The molecule has 0 fully saturated rings. The van der Waals surface area contributed by atoms with Crippen LogP contribution in [-0.2, 0) is 29.0 Å². The number of halogens is 1. The summed E-state index contributed by atoms with van der Waals surface area (Å²) in [7, 11) is 3.28. The second-order valence-corrected chi connectivity index (χ2v) is 7.53. The summed E-state index contributed by atoms with van der Waals surface area (Å²) in [5, 5.41) is 11.4. The fourth-order valence-corrected chi connectivity index (χ4v) is 3.58. The summed E-state index contributed by atoms with van der Waals surface area (Å²) in [5.74, 6) is -0.583. The van der Waals surface area contributed by atoms with E-state index < -0.39 is 11.9 Å². The van der Waals surface area contributed by atoms with Crippen molar-refractivity contribution in [2.45, 2.75) is 32.0 Å². The minimum absolute atomic E-state index is 0.0828. The third kappa shape index (κ3) is 4.52. The Balaban J connectivity index is 1.41. The highest BCUT2D eigenvalue weighted by atomic mass is 19.1. The van der Waals surface area contributed by atoms with Crippen LogP contribution in [0.4, 0.5) is 10.2 Å². The van der Waals surface area contributed by atoms with E-state index >= 15 is 0 Å². The smallest absolute Gasteiger partial charge is 0.291 e. The number of ether oxygens (including phenoxy) is 1. The topological polar surface area (TPSA) is 107 Å². The van der Waals surface area contributed by atoms with Gasteiger partial charge in [-0.25, -0.2) is 18.7 Å². The number of amides is 2. The number of nitrogens with zero attached hydrogens (tertiary/aromatic N) is 6. The zero-order valence-corrected chi connectivity index (χ0v) is 17.9. The maximum Gasteiger partial charge on any atom is 0.291 e. The van der Waals surface area contributed by atoms with Crippen molar-refractivity contribution in [3.63, 3.8) is 0 Å². The minimum atomic E-state index is -0.741. The molecular weight excluding hydrogens is 417 g/mol. The van der Waals surface area contributed by atoms with Gasteiger partial charge in [0.1, 0.15) is 24.0 Å². The zero-order chi connectivity index (χ0) is 22.7. The summed E-state index contributed by atoms with van der Waals surface area (Å²) >= 11 is 0. The van der Waals surface area contributed by atoms with Crippen LogP contribution in [0.1, 0.15) is 28.3 Å². The van der Waals surface area contributed by atoms with Crippen molar-refractivity contribution in [2.24, 2.45) is 0 Å². The van der Waals surface area contributed by atoms with E-state index in [0.717, 1.165) is 5.69 Å². The molecule has 11 heteroatoms. The van der Waals surface area contributed by atoms with Gasteiger partial charge in [0.25, 0.3) is 11.8 Å². The molecule has 0 spiro atoms. The van der Waals surface area contributed by atoms with Crippen LogP contribution in [0.2, 0.25) is 0 Å². The maximum absolute atomic E-state index is 13.8. The van der Waals surface area contributed by atoms with Gasteiger partial charge in [-0.15, -0.1) is 5.10 Å². The van der Waals surface area contributed by atoms with Crippen molar-refractivity contribution in [3.05, 3.63) is 59.6 Å². The summed E-state index contributed by atoms with van der Waals surface area (Å²) in [6.07, 6.45) is 2.39. The molecule has 0 saturated carbocycles. The maximum atomic E-state index is 13.8. The number of fused-ring (bicyclic) bond motifs is 1. The quantitative estimate of drug-likeness (QED) is 0.587. The van der Waals surface area contributed by atoms with Gasteiger partial charge in [0.15, 0.2) is 0 Å². The standard InChI is InChI=1S/C21H24FN7O3/c1-27-18-11-15(8-10-32-2)25-29(18)9-7-17(21(27)31)24-20(30)19-23-13-28(26-19)12-14-5-3-4-6-16(14)22/h3-6,11,13,17H,7-10,12H2,1-2H3,(H,24,30). The van der Waals surface area contributed by atoms with Gasteiger partial charge in [-0.2, -0.15) is 5.10 Å². The van der Waals surface area contributed by atoms with Crippen molar-refractivity contribution < 1.29 is 18.7 Å². The van der Waals surface area contributed by atoms with Crippen molar-refractivity contribution in [1.82, 2.24) is 29.9 Å². The van der Waals surface area contributed by atoms with Gasteiger partial charge in [0.05, 0.1) is 18.8 Å². The van der Waals surface area contributed by atoms with E-state index in [-0.39, 0.29) is 24.1 Å². The van der Waals surface area contributed by atoms with Crippen molar-refractivity contribution in [2.75, 3.05) is 25.7 Å². The average molecular weight is 441 g/mol. The summed E-state index contributed by atoms with van der Waals surface area (Å²) in [4.78, 5) is 31.1. The van der Waals surface area contributed by atoms with Gasteiger partial charge >= 0.3 is 0 Å². The molecule has 2 aromatic heterocycles. The molecule has 0 saturated heterocycles. The van der Waals surface area contributed by atoms with Crippen LogP contribution in [0.5, 0.6) is 0 Å². The molecule has 10 nitrogen and oxygen atoms in total. The fourth-order valence-electron chi connectivity index (χ4n) is 3.58. The Morgan fingerprint density at radius 3 is 2.91 bits per heavy atom. The second kappa shape index (κ2) is 9.27. The molecule has 2 amide bonds. The third-order valence-corrected chi connectivity index (χ3v) is 5.31. The highest BCUT2D eigenvalue weighted by Gasteiger charge is 2.31. The first-order valence-corrected chi connectivity index (χ1v) is 10.2. The lowest BCUT2D eigenvalue weighted by Gasteiger charge is -2.19. The van der Waals surface area contributed by atoms with Gasteiger partial charge in [-0.1, -0.05) is 18.2 Å². The van der Waals surface area contributed by atoms with Crippen LogP contribution in [-0.4, -0.2) is 63.2 Å². The van der Waals surface area contributed by atoms with Gasteiger partial charge in [-0.05, 0) is 12.5 Å². The number of hydrogen-bond acceptors (Lipinski definition) is 6. The van der Waals surface area contributed by atoms with Gasteiger partial charge < -0.3 is 10.1 Å². The van der Waals surface area contributed by atoms with E-state index in [9.17, 15) is 14.0 Å². The van der Waals surface area contributed by atoms with Crippen LogP contribution in [0, 0.1) is 5.82 Å². The van der Waals surface area contributed by atoms with Gasteiger partial charge in [0, 0.05) is 38.8 Å². The molecule has 1 atom stereocenters. The number of aryl methyl sites for hydroxylation is 1. The molecule has 0 bridgehead atoms. The molecule has 4 rings (SSSR count). The Kier molecular flexibility index (Phi) is 6.26. The Morgan fingerprint density at radius 2 is 2.12 bits per heavy atom. The van der Waals surface area contributed by atoms with Crippen LogP contribution < -0.4 is 10.2 Å². The number of aromatic nitrogens is 5. The number of carbonyl (C=O) groups excluding carboxylic acids is 2. The van der Waals surface area contributed by atoms with E-state index in [4.69, 9.17) is 4.74 Å². The Morgan fingerprint density at radius 1 is 1.31 bits per heavy atom. The summed E-state index contributed by atoms with van der Waals surface area (Å²) < 4.78 is 22.1. The monoisotopic (exact) mass is 441 g/mol. The molecule has 1 aliphatic rings. The molecule has 1 unspecified atom stereocenters. The lowest BCUT2D eigenvalue weighted by molar-refractivity contribution is -0.120. The van der Waals surface area contributed by atoms with E-state index in [1.165, 1.54) is 22.0 Å². The summed E-state index contributed by atoms with van der Waals surface area (Å²) in [6, 6.07) is 7.44. The van der Waals surface area contributed by atoms with Crippen molar-refractivity contribution >= 4 is 17.6 Å². The first-order chi connectivity index (χ1) is 15.5. The zero-order valence-electron chi connectivity index (χ0n) is 17.9. The number of likely N-dealkylation sites (N-methyl/N-ethyl adjacent to an activating group) is 1. The predicted molar refractivity (Wildman–Crippen MR) is 113 cm³/mol. The first kappa shape index (κ1) is 21.6. The number of methoxy groups -OCH3 is 1. The average Bonchev–Trinajstić information content (AvgIpc) is 3.40. The number of nitrogens with one attached hydrogen (secondary N) is 1. The summed E-state index contributed by atoms with van der Waals surface area (Å²) in [5.41, 5.74) is 1.28. The predicted octanol–water partition coefficient (Wildman–Crippen LogP) is 1.02. The first-order valence-electron chi connectivity index (χ1n) is 10.2. The third-order valence-electron chi connectivity index (χ3n) is 5.31. The number of benzene rings is 1. The second-order valence-electron chi connectivity index (χ2n) is 7.53. The van der Waals surface area contributed by atoms with Crippen LogP contribution in [0.3, 0.4) is 0 Å². The molecule has 1 N–H and O–H groups in total. The van der Waals surface area contributed by atoms with Crippen LogP contribution >= 0.6 is 0 Å². The lowest BCUT2D eigenvalue weighted by Crippen LogP contribution is -2.47. The van der Waals surface area contributed by atoms with Crippen molar-refractivity contribution in [3.8, 4) is 0 Å². The van der Waals surface area contributed by atoms with Gasteiger partial charge in [-0.3, -0.25) is 14.5 Å². The number of rotatable bonds is 7. The molecule has 3 aromatic rings. The largest absolute Gasteiger partial charge is 0.384 e. The number of hydrogen-bond donors (Lipinski definition) is 1. The molecule has 168 valence electrons. The Bertz CT molecular complexity index is 1130. The van der Waals surface area contributed by atoms with E-state index in [2.05, 4.69) is 20.5 Å². The van der Waals surface area contributed by atoms with Crippen molar-refractivity contribution in [1.29, 1.82) is 0 Å². The SMILES string of the molecule is COCCc1cc2n(n1)CCC(NC(=O)c1ncn(Cc3ccccc3F)n1)C(=O)N2C. The molecule has 1 aliphatic heterocycles.